The van der Waals surface area contributed by atoms with Gasteiger partial charge in [-0.1, -0.05) is 5.16 Å². The van der Waals surface area contributed by atoms with Crippen LogP contribution in [0.3, 0.4) is 0 Å². The number of carbonyl (C=O) groups excluding carboxylic acids is 2. The van der Waals surface area contributed by atoms with Crippen molar-refractivity contribution in [2.75, 3.05) is 13.1 Å². The molecule has 2 atom stereocenters. The van der Waals surface area contributed by atoms with E-state index in [2.05, 4.69) is 11.2 Å². The monoisotopic (exact) mass is 453 g/mol. The van der Waals surface area contributed by atoms with Crippen LogP contribution in [0.4, 0.5) is 9.59 Å². The average Bonchev–Trinajstić information content (AvgIpc) is 2.71. The maximum absolute atomic E-state index is 12.0. The van der Waals surface area contributed by atoms with E-state index in [9.17, 15) is 9.59 Å². The molecule has 2 heterocycles. The van der Waals surface area contributed by atoms with Crippen molar-refractivity contribution in [3.63, 3.8) is 0 Å². The standard InChI is InChI=1S/C11H21N3O3.C11H18N2O2/c1-11(2,3)17-10(15)14-7-5-4-6-8(14)9(12)13-16;1-11(2,3)15-10(14)13-7-5-4-6-9(13)8-12/h8,16H,4-7H2,1-3H3,(H2,12,13);9H,4-7H2,1-3H3. The molecule has 2 aliphatic heterocycles. The molecule has 0 aromatic rings. The van der Waals surface area contributed by atoms with Crippen LogP contribution in [0.2, 0.25) is 0 Å². The number of oxime groups is 1. The summed E-state index contributed by atoms with van der Waals surface area (Å²) in [6.07, 6.45) is 4.52. The van der Waals surface area contributed by atoms with Gasteiger partial charge in [-0.15, -0.1) is 0 Å². The van der Waals surface area contributed by atoms with Crippen molar-refractivity contribution in [2.24, 2.45) is 10.9 Å². The molecule has 0 aromatic carbocycles. The molecule has 2 saturated heterocycles. The Labute approximate surface area is 191 Å². The van der Waals surface area contributed by atoms with E-state index in [1.54, 1.807) is 0 Å². The van der Waals surface area contributed by atoms with Gasteiger partial charge in [-0.05, 0) is 80.1 Å². The van der Waals surface area contributed by atoms with Gasteiger partial charge < -0.3 is 20.4 Å². The molecule has 0 radical (unpaired) electrons. The Morgan fingerprint density at radius 3 is 1.88 bits per heavy atom. The summed E-state index contributed by atoms with van der Waals surface area (Å²) in [5, 5.41) is 20.6. The van der Waals surface area contributed by atoms with Gasteiger partial charge in [0.2, 0.25) is 0 Å². The maximum atomic E-state index is 12.0. The summed E-state index contributed by atoms with van der Waals surface area (Å²) in [7, 11) is 0. The minimum absolute atomic E-state index is 0.0653. The fraction of sp³-hybridized carbons (Fsp3) is 0.818. The number of nitrogens with zero attached hydrogens (tertiary/aromatic N) is 4. The molecular formula is C22H39N5O5. The largest absolute Gasteiger partial charge is 0.444 e. The second-order valence-electron chi connectivity index (χ2n) is 10.0. The van der Waals surface area contributed by atoms with E-state index in [-0.39, 0.29) is 24.0 Å². The number of hydrogen-bond donors (Lipinski definition) is 2. The van der Waals surface area contributed by atoms with Crippen LogP contribution in [0.1, 0.15) is 80.1 Å². The molecule has 182 valence electrons. The quantitative estimate of drug-likeness (QED) is 0.266. The van der Waals surface area contributed by atoms with E-state index < -0.39 is 17.3 Å². The zero-order chi connectivity index (χ0) is 24.5. The lowest BCUT2D eigenvalue weighted by atomic mass is 10.0. The molecule has 2 aliphatic rings. The number of rotatable bonds is 1. The summed E-state index contributed by atoms with van der Waals surface area (Å²) < 4.78 is 10.5. The molecule has 2 amide bonds. The highest BCUT2D eigenvalue weighted by atomic mass is 16.6. The predicted molar refractivity (Wildman–Crippen MR) is 120 cm³/mol. The lowest BCUT2D eigenvalue weighted by Crippen LogP contribution is -2.51. The van der Waals surface area contributed by atoms with Gasteiger partial charge in [0.05, 0.1) is 12.1 Å². The van der Waals surface area contributed by atoms with E-state index >= 15 is 0 Å². The van der Waals surface area contributed by atoms with Crippen LogP contribution < -0.4 is 5.73 Å². The highest BCUT2D eigenvalue weighted by molar-refractivity contribution is 5.88. The number of nitriles is 1. The number of hydrogen-bond acceptors (Lipinski definition) is 7. The van der Waals surface area contributed by atoms with Gasteiger partial charge in [0, 0.05) is 13.1 Å². The normalized spacial score (nSPS) is 22.2. The van der Waals surface area contributed by atoms with Crippen LogP contribution in [0.15, 0.2) is 5.16 Å². The molecule has 3 N–H and O–H groups in total. The first kappa shape index (κ1) is 27.3. The molecule has 0 aromatic heterocycles. The SMILES string of the molecule is CC(C)(C)OC(=O)N1CCCCC1/C(N)=N/O.CC(C)(C)OC(=O)N1CCCCC1C#N. The first-order chi connectivity index (χ1) is 14.8. The zero-order valence-corrected chi connectivity index (χ0v) is 20.3. The van der Waals surface area contributed by atoms with Crippen molar-refractivity contribution in [1.82, 2.24) is 9.80 Å². The van der Waals surface area contributed by atoms with Crippen LogP contribution in [0, 0.1) is 11.3 Å². The highest BCUT2D eigenvalue weighted by Gasteiger charge is 2.33. The van der Waals surface area contributed by atoms with Gasteiger partial charge in [-0.25, -0.2) is 9.59 Å². The average molecular weight is 454 g/mol. The summed E-state index contributed by atoms with van der Waals surface area (Å²) in [5.41, 5.74) is 4.56. The maximum Gasteiger partial charge on any atom is 0.411 e. The molecule has 2 rings (SSSR count). The predicted octanol–water partition coefficient (Wildman–Crippen LogP) is 3.82. The lowest BCUT2D eigenvalue weighted by Gasteiger charge is -2.35. The summed E-state index contributed by atoms with van der Waals surface area (Å²) in [5.74, 6) is 0.0653. The second kappa shape index (κ2) is 11.8. The molecule has 32 heavy (non-hydrogen) atoms. The Balaban J connectivity index is 0.000000323. The summed E-state index contributed by atoms with van der Waals surface area (Å²) >= 11 is 0. The molecule has 2 fully saturated rings. The van der Waals surface area contributed by atoms with Crippen LogP contribution in [-0.2, 0) is 9.47 Å². The molecule has 0 saturated carbocycles. The van der Waals surface area contributed by atoms with Gasteiger partial charge in [0.1, 0.15) is 17.2 Å². The molecular weight excluding hydrogens is 414 g/mol. The number of amidine groups is 1. The van der Waals surface area contributed by atoms with Gasteiger partial charge in [-0.3, -0.25) is 9.80 Å². The van der Waals surface area contributed by atoms with Crippen LogP contribution >= 0.6 is 0 Å². The van der Waals surface area contributed by atoms with Crippen molar-refractivity contribution in [3.05, 3.63) is 0 Å². The zero-order valence-electron chi connectivity index (χ0n) is 20.3. The van der Waals surface area contributed by atoms with Gasteiger partial charge in [-0.2, -0.15) is 5.26 Å². The van der Waals surface area contributed by atoms with E-state index in [1.807, 2.05) is 41.5 Å². The fourth-order valence-electron chi connectivity index (χ4n) is 3.45. The smallest absolute Gasteiger partial charge is 0.411 e. The number of piperidine rings is 2. The minimum atomic E-state index is -0.538. The third-order valence-corrected chi connectivity index (χ3v) is 4.87. The molecule has 2 unspecified atom stereocenters. The van der Waals surface area contributed by atoms with Gasteiger partial charge in [0.15, 0.2) is 5.84 Å². The molecule has 10 nitrogen and oxygen atoms in total. The summed E-state index contributed by atoms with van der Waals surface area (Å²) in [6, 6.07) is 1.48. The van der Waals surface area contributed by atoms with E-state index in [4.69, 9.17) is 25.7 Å². The number of ether oxygens (including phenoxy) is 2. The van der Waals surface area contributed by atoms with E-state index in [0.717, 1.165) is 32.1 Å². The summed E-state index contributed by atoms with van der Waals surface area (Å²) in [6.45, 7) is 12.1. The molecule has 10 heteroatoms. The van der Waals surface area contributed by atoms with Gasteiger partial charge >= 0.3 is 12.2 Å². The lowest BCUT2D eigenvalue weighted by molar-refractivity contribution is 0.0149. The fourth-order valence-corrected chi connectivity index (χ4v) is 3.45. The van der Waals surface area contributed by atoms with Crippen molar-refractivity contribution in [2.45, 2.75) is 103 Å². The summed E-state index contributed by atoms with van der Waals surface area (Å²) in [4.78, 5) is 26.8. The Morgan fingerprint density at radius 1 is 0.938 bits per heavy atom. The number of carbonyl (C=O) groups is 2. The molecule has 0 spiro atoms. The van der Waals surface area contributed by atoms with Crippen molar-refractivity contribution in [1.29, 1.82) is 5.26 Å². The number of amides is 2. The topological polar surface area (TPSA) is 141 Å². The third kappa shape index (κ3) is 9.20. The van der Waals surface area contributed by atoms with Crippen LogP contribution in [0.25, 0.3) is 0 Å². The molecule has 0 aliphatic carbocycles. The minimum Gasteiger partial charge on any atom is -0.444 e. The number of nitrogens with two attached hydrogens (primary N) is 1. The second-order valence-corrected chi connectivity index (χ2v) is 10.0. The van der Waals surface area contributed by atoms with E-state index in [1.165, 1.54) is 9.80 Å². The highest BCUT2D eigenvalue weighted by Crippen LogP contribution is 2.21. The Bertz CT molecular complexity index is 705. The first-order valence-electron chi connectivity index (χ1n) is 11.2. The Morgan fingerprint density at radius 2 is 1.41 bits per heavy atom. The van der Waals surface area contributed by atoms with Gasteiger partial charge in [0.25, 0.3) is 0 Å². The van der Waals surface area contributed by atoms with E-state index in [0.29, 0.717) is 19.5 Å². The van der Waals surface area contributed by atoms with Crippen molar-refractivity contribution in [3.8, 4) is 6.07 Å². The Hall–Kier alpha value is -2.70. The Kier molecular flexibility index (Phi) is 10.1. The van der Waals surface area contributed by atoms with Crippen LogP contribution in [-0.4, -0.2) is 69.4 Å². The first-order valence-corrected chi connectivity index (χ1v) is 11.2. The van der Waals surface area contributed by atoms with Crippen LogP contribution in [0.5, 0.6) is 0 Å². The van der Waals surface area contributed by atoms with Crippen molar-refractivity contribution < 1.29 is 24.3 Å². The molecule has 0 bridgehead atoms. The van der Waals surface area contributed by atoms with Crippen molar-refractivity contribution >= 4 is 18.0 Å². The third-order valence-electron chi connectivity index (χ3n) is 4.87. The number of likely N-dealkylation sites (tertiary alicyclic amines) is 2.